The molecule has 0 radical (unpaired) electrons. The molecule has 0 unspecified atom stereocenters. The molecule has 0 aliphatic carbocycles. The predicted octanol–water partition coefficient (Wildman–Crippen LogP) is 2.20. The van der Waals surface area contributed by atoms with E-state index in [1.165, 1.54) is 4.90 Å². The number of rotatable bonds is 4. The van der Waals surface area contributed by atoms with E-state index < -0.39 is 0 Å². The van der Waals surface area contributed by atoms with Crippen molar-refractivity contribution in [2.45, 2.75) is 33.1 Å². The normalized spacial score (nSPS) is 18.6. The first-order valence-electron chi connectivity index (χ1n) is 8.41. The molecule has 24 heavy (non-hydrogen) atoms. The van der Waals surface area contributed by atoms with E-state index in [4.69, 9.17) is 0 Å². The molecule has 1 aromatic rings. The van der Waals surface area contributed by atoms with Crippen molar-refractivity contribution in [3.63, 3.8) is 0 Å². The topological polar surface area (TPSA) is 77.3 Å². The Kier molecular flexibility index (Phi) is 5.91. The highest BCUT2D eigenvalue weighted by atomic mass is 16.2. The van der Waals surface area contributed by atoms with Crippen molar-refractivity contribution in [2.75, 3.05) is 25.0 Å². The highest BCUT2D eigenvalue weighted by Gasteiger charge is 2.32. The predicted molar refractivity (Wildman–Crippen MR) is 91.1 cm³/mol. The van der Waals surface area contributed by atoms with E-state index in [1.54, 1.807) is 30.3 Å². The summed E-state index contributed by atoms with van der Waals surface area (Å²) in [4.78, 5) is 32.6. The number of nitrogens with zero attached hydrogens (tertiary/aromatic N) is 4. The van der Waals surface area contributed by atoms with Gasteiger partial charge in [0, 0.05) is 32.3 Å². The smallest absolute Gasteiger partial charge is 0.232 e. The second kappa shape index (κ2) is 7.91. The van der Waals surface area contributed by atoms with E-state index in [2.05, 4.69) is 11.1 Å². The van der Waals surface area contributed by atoms with Crippen LogP contribution >= 0.6 is 0 Å². The Hall–Kier alpha value is -2.42. The molecule has 0 bridgehead atoms. The van der Waals surface area contributed by atoms with Crippen LogP contribution in [0.25, 0.3) is 0 Å². The second-order valence-electron chi connectivity index (χ2n) is 6.32. The number of amides is 2. The Morgan fingerprint density at radius 3 is 2.96 bits per heavy atom. The summed E-state index contributed by atoms with van der Waals surface area (Å²) in [7, 11) is 1.64. The molecule has 1 aromatic heterocycles. The average molecular weight is 328 g/mol. The molecule has 6 nitrogen and oxygen atoms in total. The fourth-order valence-electron chi connectivity index (χ4n) is 2.99. The number of carbonyl (C=O) groups excluding carboxylic acids is 2. The SMILES string of the molecule is CC[C@@H](C)C(=O)N1CCC[C@@H](C(=O)N(C)c2ncccc2C#N)C1. The van der Waals surface area contributed by atoms with Gasteiger partial charge in [0.05, 0.1) is 11.5 Å². The quantitative estimate of drug-likeness (QED) is 0.849. The highest BCUT2D eigenvalue weighted by Crippen LogP contribution is 2.24. The molecule has 0 N–H and O–H groups in total. The molecule has 1 aliphatic rings. The van der Waals surface area contributed by atoms with Crippen molar-refractivity contribution in [3.8, 4) is 6.07 Å². The fourth-order valence-corrected chi connectivity index (χ4v) is 2.99. The molecule has 6 heteroatoms. The first-order valence-corrected chi connectivity index (χ1v) is 8.41. The summed E-state index contributed by atoms with van der Waals surface area (Å²) in [5.74, 6) is 0.137. The number of hydrogen-bond donors (Lipinski definition) is 0. The van der Waals surface area contributed by atoms with Gasteiger partial charge in [0.2, 0.25) is 11.8 Å². The summed E-state index contributed by atoms with van der Waals surface area (Å²) < 4.78 is 0. The number of anilines is 1. The number of likely N-dealkylation sites (tertiary alicyclic amines) is 1. The van der Waals surface area contributed by atoms with Crippen LogP contribution in [0, 0.1) is 23.2 Å². The van der Waals surface area contributed by atoms with Gasteiger partial charge in [-0.05, 0) is 31.4 Å². The number of aromatic nitrogens is 1. The molecule has 1 aliphatic heterocycles. The van der Waals surface area contributed by atoms with Crippen molar-refractivity contribution >= 4 is 17.6 Å². The maximum Gasteiger partial charge on any atom is 0.232 e. The van der Waals surface area contributed by atoms with Gasteiger partial charge in [0.15, 0.2) is 5.82 Å². The second-order valence-corrected chi connectivity index (χ2v) is 6.32. The van der Waals surface area contributed by atoms with Crippen molar-refractivity contribution in [2.24, 2.45) is 11.8 Å². The number of carbonyl (C=O) groups is 2. The molecule has 0 aromatic carbocycles. The lowest BCUT2D eigenvalue weighted by Gasteiger charge is -2.35. The molecule has 2 rings (SSSR count). The summed E-state index contributed by atoms with van der Waals surface area (Å²) in [5, 5.41) is 9.18. The van der Waals surface area contributed by atoms with E-state index >= 15 is 0 Å². The maximum absolute atomic E-state index is 12.8. The largest absolute Gasteiger partial charge is 0.342 e. The minimum absolute atomic E-state index is 0.0161. The first-order chi connectivity index (χ1) is 11.5. The summed E-state index contributed by atoms with van der Waals surface area (Å²) in [6.07, 6.45) is 3.94. The van der Waals surface area contributed by atoms with Crippen LogP contribution in [-0.4, -0.2) is 41.8 Å². The van der Waals surface area contributed by atoms with E-state index in [-0.39, 0.29) is 23.7 Å². The van der Waals surface area contributed by atoms with Gasteiger partial charge in [0.1, 0.15) is 6.07 Å². The van der Waals surface area contributed by atoms with E-state index in [9.17, 15) is 14.9 Å². The average Bonchev–Trinajstić information content (AvgIpc) is 2.65. The van der Waals surface area contributed by atoms with Crippen LogP contribution in [0.5, 0.6) is 0 Å². The Morgan fingerprint density at radius 2 is 2.29 bits per heavy atom. The molecule has 0 spiro atoms. The van der Waals surface area contributed by atoms with Gasteiger partial charge < -0.3 is 4.90 Å². The van der Waals surface area contributed by atoms with Crippen LogP contribution in [0.3, 0.4) is 0 Å². The molecule has 128 valence electrons. The minimum Gasteiger partial charge on any atom is -0.342 e. The lowest BCUT2D eigenvalue weighted by molar-refractivity contribution is -0.138. The van der Waals surface area contributed by atoms with E-state index in [1.807, 2.05) is 13.8 Å². The fraction of sp³-hybridized carbons (Fsp3) is 0.556. The zero-order valence-electron chi connectivity index (χ0n) is 14.5. The molecular formula is C18H24N4O2. The van der Waals surface area contributed by atoms with E-state index in [0.717, 1.165) is 19.3 Å². The summed E-state index contributed by atoms with van der Waals surface area (Å²) in [6.45, 7) is 5.07. The zero-order chi connectivity index (χ0) is 17.7. The van der Waals surface area contributed by atoms with Crippen molar-refractivity contribution in [1.29, 1.82) is 5.26 Å². The van der Waals surface area contributed by atoms with Crippen LogP contribution in [-0.2, 0) is 9.59 Å². The number of piperidine rings is 1. The van der Waals surface area contributed by atoms with Gasteiger partial charge in [-0.25, -0.2) is 4.98 Å². The standard InChI is InChI=1S/C18H24N4O2/c1-4-13(2)17(23)22-10-6-8-15(12-22)18(24)21(3)16-14(11-19)7-5-9-20-16/h5,7,9,13,15H,4,6,8,10,12H2,1-3H3/t13-,15-/m1/s1. The van der Waals surface area contributed by atoms with Crippen LogP contribution in [0.4, 0.5) is 5.82 Å². The van der Waals surface area contributed by atoms with Crippen LogP contribution < -0.4 is 4.90 Å². The third-order valence-electron chi connectivity index (χ3n) is 4.67. The zero-order valence-corrected chi connectivity index (χ0v) is 14.5. The number of hydrogen-bond acceptors (Lipinski definition) is 4. The van der Waals surface area contributed by atoms with Crippen LogP contribution in [0.15, 0.2) is 18.3 Å². The molecule has 2 heterocycles. The Bertz CT molecular complexity index is 653. The Balaban J connectivity index is 2.11. The van der Waals surface area contributed by atoms with E-state index in [0.29, 0.717) is 24.5 Å². The van der Waals surface area contributed by atoms with Gasteiger partial charge in [-0.15, -0.1) is 0 Å². The molecule has 1 saturated heterocycles. The molecule has 2 amide bonds. The van der Waals surface area contributed by atoms with Gasteiger partial charge in [0.25, 0.3) is 0 Å². The Labute approximate surface area is 143 Å². The first kappa shape index (κ1) is 17.9. The van der Waals surface area contributed by atoms with Gasteiger partial charge in [-0.2, -0.15) is 5.26 Å². The van der Waals surface area contributed by atoms with Gasteiger partial charge in [-0.1, -0.05) is 13.8 Å². The van der Waals surface area contributed by atoms with Gasteiger partial charge >= 0.3 is 0 Å². The van der Waals surface area contributed by atoms with Crippen molar-refractivity contribution in [3.05, 3.63) is 23.9 Å². The maximum atomic E-state index is 12.8. The summed E-state index contributed by atoms with van der Waals surface area (Å²) in [6, 6.07) is 5.38. The molecule has 0 saturated carbocycles. The van der Waals surface area contributed by atoms with Crippen molar-refractivity contribution < 1.29 is 9.59 Å². The highest BCUT2D eigenvalue weighted by molar-refractivity contribution is 5.95. The molecule has 1 fully saturated rings. The van der Waals surface area contributed by atoms with Crippen LogP contribution in [0.2, 0.25) is 0 Å². The lowest BCUT2D eigenvalue weighted by atomic mass is 9.95. The molecule has 2 atom stereocenters. The summed E-state index contributed by atoms with van der Waals surface area (Å²) in [5.41, 5.74) is 0.372. The van der Waals surface area contributed by atoms with Crippen LogP contribution in [0.1, 0.15) is 38.7 Å². The lowest BCUT2D eigenvalue weighted by Crippen LogP contribution is -2.47. The number of pyridine rings is 1. The summed E-state index contributed by atoms with van der Waals surface area (Å²) >= 11 is 0. The minimum atomic E-state index is -0.245. The molecular weight excluding hydrogens is 304 g/mol. The Morgan fingerprint density at radius 1 is 1.54 bits per heavy atom. The van der Waals surface area contributed by atoms with Crippen molar-refractivity contribution in [1.82, 2.24) is 9.88 Å². The van der Waals surface area contributed by atoms with Gasteiger partial charge in [-0.3, -0.25) is 14.5 Å². The number of nitriles is 1. The third-order valence-corrected chi connectivity index (χ3v) is 4.67. The third kappa shape index (κ3) is 3.73. The monoisotopic (exact) mass is 328 g/mol.